The second-order valence-corrected chi connectivity index (χ2v) is 7.87. The molecule has 0 aliphatic rings. The lowest BCUT2D eigenvalue weighted by Crippen LogP contribution is -2.18. The lowest BCUT2D eigenvalue weighted by Gasteiger charge is -2.13. The fraction of sp³-hybridized carbons (Fsp3) is 0.286. The normalized spacial score (nSPS) is 11.8. The van der Waals surface area contributed by atoms with Crippen molar-refractivity contribution >= 4 is 12.1 Å². The van der Waals surface area contributed by atoms with Gasteiger partial charge in [0.2, 0.25) is 5.91 Å². The third-order valence-corrected chi connectivity index (χ3v) is 5.23. The molecule has 1 atom stereocenters. The number of hydrazone groups is 1. The lowest BCUT2D eigenvalue weighted by molar-refractivity contribution is -0.121. The first-order chi connectivity index (χ1) is 17.5. The van der Waals surface area contributed by atoms with Crippen molar-refractivity contribution in [3.05, 3.63) is 89.2 Å². The zero-order valence-corrected chi connectivity index (χ0v) is 20.4. The number of amides is 1. The summed E-state index contributed by atoms with van der Waals surface area (Å²) in [6.07, 6.45) is 1.10. The van der Waals surface area contributed by atoms with Crippen LogP contribution in [0.1, 0.15) is 49.5 Å². The average Bonchev–Trinajstić information content (AvgIpc) is 2.88. The highest BCUT2D eigenvalue weighted by Gasteiger charge is 2.11. The van der Waals surface area contributed by atoms with Crippen LogP contribution in [0, 0.1) is 5.82 Å². The predicted molar refractivity (Wildman–Crippen MR) is 136 cm³/mol. The van der Waals surface area contributed by atoms with E-state index in [4.69, 9.17) is 14.2 Å². The molecule has 0 bridgehead atoms. The Labute approximate surface area is 210 Å². The van der Waals surface area contributed by atoms with E-state index in [1.54, 1.807) is 60.7 Å². The van der Waals surface area contributed by atoms with Gasteiger partial charge in [-0.3, -0.25) is 4.79 Å². The van der Waals surface area contributed by atoms with Gasteiger partial charge in [-0.15, -0.1) is 0 Å². The highest BCUT2D eigenvalue weighted by molar-refractivity contribution is 5.83. The Morgan fingerprint density at radius 1 is 1.00 bits per heavy atom. The number of carbonyl (C=O) groups is 1. The Morgan fingerprint density at radius 2 is 1.75 bits per heavy atom. The summed E-state index contributed by atoms with van der Waals surface area (Å²) >= 11 is 0. The van der Waals surface area contributed by atoms with Gasteiger partial charge in [0, 0.05) is 12.0 Å². The summed E-state index contributed by atoms with van der Waals surface area (Å²) in [4.78, 5) is 12.1. The number of carbonyl (C=O) groups excluding carboxylic acids is 1. The standard InChI is InChI=1S/C28H31FN2O5/c1-3-34-23-12-10-21(11-13-23)25(32)14-16-28(33)31-30-18-20-9-15-26(27(17-20)35-4-2)36-19-22-7-5-6-8-24(22)29/h5-13,15,17-18,25,32H,3-4,14,16,19H2,1-2H3,(H,31,33)/b30-18-/t25-/m0/s1. The SMILES string of the molecule is CCOc1ccc([C@@H](O)CCC(=O)N/N=C\c2ccc(OCc3ccccc3F)c(OCC)c2)cc1. The maximum absolute atomic E-state index is 13.9. The molecule has 0 aromatic heterocycles. The van der Waals surface area contributed by atoms with E-state index in [0.717, 1.165) is 11.3 Å². The van der Waals surface area contributed by atoms with Gasteiger partial charge >= 0.3 is 0 Å². The van der Waals surface area contributed by atoms with Crippen molar-refractivity contribution in [1.82, 2.24) is 5.43 Å². The molecule has 3 aromatic carbocycles. The Morgan fingerprint density at radius 3 is 2.47 bits per heavy atom. The molecule has 3 rings (SSSR count). The summed E-state index contributed by atoms with van der Waals surface area (Å²) in [6, 6.07) is 18.8. The van der Waals surface area contributed by atoms with Crippen LogP contribution in [0.5, 0.6) is 17.2 Å². The van der Waals surface area contributed by atoms with Crippen molar-refractivity contribution in [2.75, 3.05) is 13.2 Å². The van der Waals surface area contributed by atoms with Gasteiger partial charge in [0.05, 0.1) is 25.5 Å². The van der Waals surface area contributed by atoms with Crippen molar-refractivity contribution in [2.24, 2.45) is 5.10 Å². The molecule has 3 aromatic rings. The Balaban J connectivity index is 1.51. The monoisotopic (exact) mass is 494 g/mol. The van der Waals surface area contributed by atoms with Crippen molar-refractivity contribution in [2.45, 2.75) is 39.4 Å². The van der Waals surface area contributed by atoms with Gasteiger partial charge in [-0.1, -0.05) is 30.3 Å². The van der Waals surface area contributed by atoms with Crippen LogP contribution in [0.15, 0.2) is 71.8 Å². The Hall–Kier alpha value is -3.91. The van der Waals surface area contributed by atoms with Crippen LogP contribution < -0.4 is 19.6 Å². The van der Waals surface area contributed by atoms with Crippen LogP contribution in [0.3, 0.4) is 0 Å². The molecule has 1 amide bonds. The number of ether oxygens (including phenoxy) is 3. The first-order valence-electron chi connectivity index (χ1n) is 11.9. The quantitative estimate of drug-likeness (QED) is 0.253. The molecule has 7 nitrogen and oxygen atoms in total. The molecule has 0 radical (unpaired) electrons. The maximum Gasteiger partial charge on any atom is 0.240 e. The topological polar surface area (TPSA) is 89.4 Å². The number of aliphatic hydroxyl groups excluding tert-OH is 1. The van der Waals surface area contributed by atoms with E-state index in [0.29, 0.717) is 35.8 Å². The van der Waals surface area contributed by atoms with E-state index in [1.165, 1.54) is 12.3 Å². The van der Waals surface area contributed by atoms with Crippen molar-refractivity contribution in [3.8, 4) is 17.2 Å². The smallest absolute Gasteiger partial charge is 0.240 e. The predicted octanol–water partition coefficient (Wildman–Crippen LogP) is 5.17. The molecule has 0 fully saturated rings. The molecule has 36 heavy (non-hydrogen) atoms. The summed E-state index contributed by atoms with van der Waals surface area (Å²) in [5, 5.41) is 14.3. The average molecular weight is 495 g/mol. The molecule has 190 valence electrons. The zero-order chi connectivity index (χ0) is 25.8. The number of hydrogen-bond donors (Lipinski definition) is 2. The van der Waals surface area contributed by atoms with Crippen LogP contribution in [-0.2, 0) is 11.4 Å². The molecule has 0 spiro atoms. The third-order valence-electron chi connectivity index (χ3n) is 5.23. The van der Waals surface area contributed by atoms with Gasteiger partial charge in [-0.25, -0.2) is 9.82 Å². The molecule has 0 saturated carbocycles. The molecule has 0 aliphatic heterocycles. The summed E-state index contributed by atoms with van der Waals surface area (Å²) in [5.41, 5.74) is 4.32. The van der Waals surface area contributed by atoms with Crippen LogP contribution >= 0.6 is 0 Å². The number of aliphatic hydroxyl groups is 1. The Kier molecular flexibility index (Phi) is 10.3. The lowest BCUT2D eigenvalue weighted by atomic mass is 10.0. The van der Waals surface area contributed by atoms with Gasteiger partial charge in [0.25, 0.3) is 0 Å². The number of halogens is 1. The minimum Gasteiger partial charge on any atom is -0.494 e. The van der Waals surface area contributed by atoms with E-state index in [1.807, 2.05) is 13.8 Å². The van der Waals surface area contributed by atoms with E-state index >= 15 is 0 Å². The molecule has 0 unspecified atom stereocenters. The third kappa shape index (κ3) is 8.09. The van der Waals surface area contributed by atoms with Crippen LogP contribution in [-0.4, -0.2) is 30.4 Å². The first kappa shape index (κ1) is 26.7. The first-order valence-corrected chi connectivity index (χ1v) is 11.9. The van der Waals surface area contributed by atoms with Gasteiger partial charge in [0.15, 0.2) is 11.5 Å². The molecule has 0 saturated heterocycles. The van der Waals surface area contributed by atoms with Crippen LogP contribution in [0.2, 0.25) is 0 Å². The van der Waals surface area contributed by atoms with Crippen molar-refractivity contribution in [3.63, 3.8) is 0 Å². The van der Waals surface area contributed by atoms with Crippen LogP contribution in [0.4, 0.5) is 4.39 Å². The van der Waals surface area contributed by atoms with Crippen LogP contribution in [0.25, 0.3) is 0 Å². The highest BCUT2D eigenvalue weighted by atomic mass is 19.1. The molecule has 2 N–H and O–H groups in total. The number of benzene rings is 3. The van der Waals surface area contributed by atoms with E-state index in [9.17, 15) is 14.3 Å². The number of nitrogens with one attached hydrogen (secondary N) is 1. The minimum atomic E-state index is -0.763. The molecule has 0 aliphatic carbocycles. The summed E-state index contributed by atoms with van der Waals surface area (Å²) in [7, 11) is 0. The van der Waals surface area contributed by atoms with Crippen molar-refractivity contribution in [1.29, 1.82) is 0 Å². The second-order valence-electron chi connectivity index (χ2n) is 7.87. The maximum atomic E-state index is 13.9. The van der Waals surface area contributed by atoms with Gasteiger partial charge < -0.3 is 19.3 Å². The molecule has 0 heterocycles. The van der Waals surface area contributed by atoms with Gasteiger partial charge in [-0.2, -0.15) is 5.10 Å². The van der Waals surface area contributed by atoms with Crippen molar-refractivity contribution < 1.29 is 28.5 Å². The number of nitrogens with zero attached hydrogens (tertiary/aromatic N) is 1. The number of hydrogen-bond acceptors (Lipinski definition) is 6. The molecular weight excluding hydrogens is 463 g/mol. The van der Waals surface area contributed by atoms with E-state index in [2.05, 4.69) is 10.5 Å². The minimum absolute atomic E-state index is 0.0682. The molecular formula is C28H31FN2O5. The van der Waals surface area contributed by atoms with Gasteiger partial charge in [0.1, 0.15) is 18.2 Å². The highest BCUT2D eigenvalue weighted by Crippen LogP contribution is 2.29. The summed E-state index contributed by atoms with van der Waals surface area (Å²) in [6.45, 7) is 4.82. The zero-order valence-electron chi connectivity index (χ0n) is 20.4. The largest absolute Gasteiger partial charge is 0.494 e. The summed E-state index contributed by atoms with van der Waals surface area (Å²) < 4.78 is 30.6. The van der Waals surface area contributed by atoms with E-state index < -0.39 is 6.10 Å². The second kappa shape index (κ2) is 13.8. The fourth-order valence-electron chi connectivity index (χ4n) is 3.39. The number of rotatable bonds is 13. The molecule has 8 heteroatoms. The Bertz CT molecular complexity index is 1150. The van der Waals surface area contributed by atoms with Gasteiger partial charge in [-0.05, 0) is 67.8 Å². The summed E-state index contributed by atoms with van der Waals surface area (Å²) in [5.74, 6) is 1.05. The van der Waals surface area contributed by atoms with E-state index in [-0.39, 0.29) is 31.2 Å². The fourth-order valence-corrected chi connectivity index (χ4v) is 3.39.